The number of carboxylic acid groups (broad SMARTS) is 1. The van der Waals surface area contributed by atoms with Crippen LogP contribution in [0.2, 0.25) is 0 Å². The maximum Gasteiger partial charge on any atom is 0.374 e. The summed E-state index contributed by atoms with van der Waals surface area (Å²) in [5.41, 5.74) is 2.78. The van der Waals surface area contributed by atoms with Crippen LogP contribution in [0.25, 0.3) is 11.3 Å². The van der Waals surface area contributed by atoms with Crippen molar-refractivity contribution in [2.75, 3.05) is 20.1 Å². The average molecular weight is 300 g/mol. The molecule has 1 atom stereocenters. The van der Waals surface area contributed by atoms with E-state index in [2.05, 4.69) is 29.2 Å². The van der Waals surface area contributed by atoms with Crippen LogP contribution in [0.3, 0.4) is 0 Å². The van der Waals surface area contributed by atoms with E-state index in [4.69, 9.17) is 9.63 Å². The number of carbonyl (C=O) groups is 1. The fourth-order valence-corrected chi connectivity index (χ4v) is 3.04. The molecule has 1 aliphatic heterocycles. The molecule has 0 aliphatic carbocycles. The lowest BCUT2D eigenvalue weighted by atomic mass is 9.90. The molecule has 2 aromatic rings. The highest BCUT2D eigenvalue weighted by atomic mass is 16.5. The first-order valence-electron chi connectivity index (χ1n) is 7.62. The quantitative estimate of drug-likeness (QED) is 0.942. The Morgan fingerprint density at radius 1 is 1.32 bits per heavy atom. The zero-order chi connectivity index (χ0) is 15.5. The van der Waals surface area contributed by atoms with Crippen LogP contribution < -0.4 is 0 Å². The number of aromatic carboxylic acids is 1. The van der Waals surface area contributed by atoms with Crippen LogP contribution in [0.4, 0.5) is 0 Å². The van der Waals surface area contributed by atoms with E-state index in [0.717, 1.165) is 25.1 Å². The van der Waals surface area contributed by atoms with Gasteiger partial charge in [0.2, 0.25) is 5.76 Å². The van der Waals surface area contributed by atoms with Crippen molar-refractivity contribution < 1.29 is 14.4 Å². The molecule has 0 spiro atoms. The molecule has 1 aromatic carbocycles. The number of hydrogen-bond donors (Lipinski definition) is 1. The Bertz CT molecular complexity index is 665. The van der Waals surface area contributed by atoms with Crippen molar-refractivity contribution in [2.45, 2.75) is 25.2 Å². The van der Waals surface area contributed by atoms with E-state index >= 15 is 0 Å². The van der Waals surface area contributed by atoms with Gasteiger partial charge < -0.3 is 14.5 Å². The molecule has 2 heterocycles. The van der Waals surface area contributed by atoms with E-state index in [1.165, 1.54) is 24.5 Å². The SMILES string of the molecule is CN1CCCC(c2cccc(-c3cc(C(=O)O)on3)c2)CC1. The maximum absolute atomic E-state index is 10.9. The largest absolute Gasteiger partial charge is 0.475 e. The Morgan fingerprint density at radius 3 is 2.95 bits per heavy atom. The molecule has 0 amide bonds. The number of nitrogens with zero attached hydrogens (tertiary/aromatic N) is 2. The third kappa shape index (κ3) is 3.20. The van der Waals surface area contributed by atoms with Crippen LogP contribution in [0, 0.1) is 0 Å². The van der Waals surface area contributed by atoms with Crippen molar-refractivity contribution in [3.63, 3.8) is 0 Å². The van der Waals surface area contributed by atoms with Gasteiger partial charge in [-0.3, -0.25) is 0 Å². The minimum atomic E-state index is -1.10. The molecule has 0 bridgehead atoms. The highest BCUT2D eigenvalue weighted by Crippen LogP contribution is 2.30. The Labute approximate surface area is 129 Å². The zero-order valence-electron chi connectivity index (χ0n) is 12.7. The second kappa shape index (κ2) is 6.32. The van der Waals surface area contributed by atoms with Crippen molar-refractivity contribution in [3.05, 3.63) is 41.7 Å². The Kier molecular flexibility index (Phi) is 4.24. The number of likely N-dealkylation sites (tertiary alicyclic amines) is 1. The Hall–Kier alpha value is -2.14. The van der Waals surface area contributed by atoms with Crippen molar-refractivity contribution in [2.24, 2.45) is 0 Å². The topological polar surface area (TPSA) is 66.6 Å². The molecule has 1 N–H and O–H groups in total. The van der Waals surface area contributed by atoms with Crippen LogP contribution in [-0.4, -0.2) is 41.3 Å². The van der Waals surface area contributed by atoms with Gasteiger partial charge in [0.25, 0.3) is 0 Å². The normalized spacial score (nSPS) is 19.8. The van der Waals surface area contributed by atoms with Crippen LogP contribution in [0.5, 0.6) is 0 Å². The van der Waals surface area contributed by atoms with E-state index in [1.807, 2.05) is 12.1 Å². The summed E-state index contributed by atoms with van der Waals surface area (Å²) < 4.78 is 4.84. The van der Waals surface area contributed by atoms with Gasteiger partial charge in [-0.15, -0.1) is 0 Å². The smallest absolute Gasteiger partial charge is 0.374 e. The second-order valence-electron chi connectivity index (χ2n) is 5.94. The molecule has 1 fully saturated rings. The fraction of sp³-hybridized carbons (Fsp3) is 0.412. The van der Waals surface area contributed by atoms with Crippen molar-refractivity contribution in [3.8, 4) is 11.3 Å². The third-order valence-corrected chi connectivity index (χ3v) is 4.33. The van der Waals surface area contributed by atoms with Gasteiger partial charge in [0.1, 0.15) is 5.69 Å². The van der Waals surface area contributed by atoms with Gasteiger partial charge in [-0.05, 0) is 56.9 Å². The standard InChI is InChI=1S/C17H20N2O3/c1-19-8-3-6-12(7-9-19)13-4-2-5-14(10-13)15-11-16(17(20)21)22-18-15/h2,4-5,10-12H,3,6-9H2,1H3,(H,20,21). The average Bonchev–Trinajstić information content (AvgIpc) is 2.91. The monoisotopic (exact) mass is 300 g/mol. The summed E-state index contributed by atoms with van der Waals surface area (Å²) in [5, 5.41) is 12.8. The number of aromatic nitrogens is 1. The summed E-state index contributed by atoms with van der Waals surface area (Å²) in [7, 11) is 2.17. The summed E-state index contributed by atoms with van der Waals surface area (Å²) >= 11 is 0. The van der Waals surface area contributed by atoms with Gasteiger partial charge >= 0.3 is 5.97 Å². The number of hydrogen-bond acceptors (Lipinski definition) is 4. The van der Waals surface area contributed by atoms with E-state index in [1.54, 1.807) is 0 Å². The highest BCUT2D eigenvalue weighted by Gasteiger charge is 2.18. The van der Waals surface area contributed by atoms with E-state index < -0.39 is 5.97 Å². The molecule has 22 heavy (non-hydrogen) atoms. The van der Waals surface area contributed by atoms with Crippen molar-refractivity contribution >= 4 is 5.97 Å². The molecule has 1 unspecified atom stereocenters. The van der Waals surface area contributed by atoms with Gasteiger partial charge in [0.15, 0.2) is 0 Å². The van der Waals surface area contributed by atoms with E-state index in [0.29, 0.717) is 11.6 Å². The summed E-state index contributed by atoms with van der Waals surface area (Å²) in [6.45, 7) is 2.27. The second-order valence-corrected chi connectivity index (χ2v) is 5.94. The van der Waals surface area contributed by atoms with Crippen LogP contribution in [0.1, 0.15) is 41.3 Å². The number of rotatable bonds is 3. The summed E-state index contributed by atoms with van der Waals surface area (Å²) in [4.78, 5) is 13.3. The molecule has 5 nitrogen and oxygen atoms in total. The highest BCUT2D eigenvalue weighted by molar-refractivity contribution is 5.85. The molecule has 116 valence electrons. The zero-order valence-corrected chi connectivity index (χ0v) is 12.7. The molecule has 0 radical (unpaired) electrons. The molecular weight excluding hydrogens is 280 g/mol. The molecule has 1 saturated heterocycles. The predicted octanol–water partition coefficient (Wildman–Crippen LogP) is 3.24. The van der Waals surface area contributed by atoms with Gasteiger partial charge in [0, 0.05) is 11.6 Å². The maximum atomic E-state index is 10.9. The first kappa shape index (κ1) is 14.8. The fourth-order valence-electron chi connectivity index (χ4n) is 3.04. The summed E-state index contributed by atoms with van der Waals surface area (Å²) in [6.07, 6.45) is 3.55. The van der Waals surface area contributed by atoms with Gasteiger partial charge in [-0.25, -0.2) is 4.79 Å². The minimum absolute atomic E-state index is 0.128. The summed E-state index contributed by atoms with van der Waals surface area (Å²) in [5.74, 6) is -0.672. The molecule has 5 heteroatoms. The van der Waals surface area contributed by atoms with Gasteiger partial charge in [-0.1, -0.05) is 23.4 Å². The van der Waals surface area contributed by atoms with Gasteiger partial charge in [0.05, 0.1) is 0 Å². The third-order valence-electron chi connectivity index (χ3n) is 4.33. The predicted molar refractivity (Wildman–Crippen MR) is 83.0 cm³/mol. The Balaban J connectivity index is 1.83. The number of carboxylic acids is 1. The van der Waals surface area contributed by atoms with Crippen LogP contribution >= 0.6 is 0 Å². The lowest BCUT2D eigenvalue weighted by Crippen LogP contribution is -2.18. The first-order chi connectivity index (χ1) is 10.6. The van der Waals surface area contributed by atoms with Crippen LogP contribution in [0.15, 0.2) is 34.9 Å². The first-order valence-corrected chi connectivity index (χ1v) is 7.62. The number of benzene rings is 1. The lowest BCUT2D eigenvalue weighted by molar-refractivity contribution is 0.0652. The summed E-state index contributed by atoms with van der Waals surface area (Å²) in [6, 6.07) is 9.68. The molecule has 3 rings (SSSR count). The van der Waals surface area contributed by atoms with Crippen molar-refractivity contribution in [1.29, 1.82) is 0 Å². The van der Waals surface area contributed by atoms with Crippen LogP contribution in [-0.2, 0) is 0 Å². The van der Waals surface area contributed by atoms with Gasteiger partial charge in [-0.2, -0.15) is 0 Å². The van der Waals surface area contributed by atoms with E-state index in [-0.39, 0.29) is 5.76 Å². The molecule has 0 saturated carbocycles. The molecule has 1 aliphatic rings. The molecular formula is C17H20N2O3. The van der Waals surface area contributed by atoms with E-state index in [9.17, 15) is 4.79 Å². The Morgan fingerprint density at radius 2 is 2.18 bits per heavy atom. The molecule has 1 aromatic heterocycles. The van der Waals surface area contributed by atoms with Crippen molar-refractivity contribution in [1.82, 2.24) is 10.1 Å². The minimum Gasteiger partial charge on any atom is -0.475 e. The lowest BCUT2D eigenvalue weighted by Gasteiger charge is -2.16.